The van der Waals surface area contributed by atoms with Crippen LogP contribution in [0.5, 0.6) is 0 Å². The first-order valence-corrected chi connectivity index (χ1v) is 13.2. The number of benzene rings is 1. The fourth-order valence-electron chi connectivity index (χ4n) is 3.14. The zero-order valence-electron chi connectivity index (χ0n) is 18.6. The number of esters is 1. The molecule has 3 rings (SSSR count). The van der Waals surface area contributed by atoms with Crippen molar-refractivity contribution in [3.05, 3.63) is 51.7 Å². The van der Waals surface area contributed by atoms with Crippen LogP contribution in [0.1, 0.15) is 37.7 Å². The standard InChI is InChI=1S/C23H29IN4O4S/c1-32-22(30)20-9-8-19(33-20)15-25-11-13-28(12-10-24)21(29)17-4-6-18(7-5-17)27-23(31)26-14-16-2-3-16/h4-9,16,25H,2-3,10-15H2,1H3,(H2,26,27,31). The van der Waals surface area contributed by atoms with Gasteiger partial charge in [-0.25, -0.2) is 9.59 Å². The largest absolute Gasteiger partial charge is 0.465 e. The first-order chi connectivity index (χ1) is 16.0. The van der Waals surface area contributed by atoms with Crippen LogP contribution in [0.4, 0.5) is 10.5 Å². The van der Waals surface area contributed by atoms with Gasteiger partial charge in [0.05, 0.1) is 7.11 Å². The molecule has 3 amide bonds. The predicted molar refractivity (Wildman–Crippen MR) is 138 cm³/mol. The van der Waals surface area contributed by atoms with Crippen molar-refractivity contribution in [2.75, 3.05) is 43.0 Å². The number of methoxy groups -OCH3 is 1. The van der Waals surface area contributed by atoms with Crippen molar-refractivity contribution in [1.82, 2.24) is 15.5 Å². The molecule has 33 heavy (non-hydrogen) atoms. The number of amides is 3. The van der Waals surface area contributed by atoms with Crippen LogP contribution in [0, 0.1) is 5.92 Å². The molecule has 0 aliphatic heterocycles. The maximum atomic E-state index is 13.0. The second-order valence-corrected chi connectivity index (χ2v) is 10.0. The van der Waals surface area contributed by atoms with E-state index in [4.69, 9.17) is 4.74 Å². The average Bonchev–Trinajstić information content (AvgIpc) is 3.54. The lowest BCUT2D eigenvalue weighted by Gasteiger charge is -2.22. The molecule has 0 atom stereocenters. The minimum atomic E-state index is -0.329. The van der Waals surface area contributed by atoms with Gasteiger partial charge in [0.15, 0.2) is 0 Å². The molecule has 1 aromatic heterocycles. The molecule has 1 aliphatic rings. The van der Waals surface area contributed by atoms with Gasteiger partial charge < -0.3 is 25.6 Å². The third kappa shape index (κ3) is 8.27. The van der Waals surface area contributed by atoms with Gasteiger partial charge in [0.2, 0.25) is 0 Å². The normalized spacial score (nSPS) is 12.8. The highest BCUT2D eigenvalue weighted by Crippen LogP contribution is 2.27. The van der Waals surface area contributed by atoms with E-state index in [9.17, 15) is 14.4 Å². The van der Waals surface area contributed by atoms with Gasteiger partial charge in [-0.2, -0.15) is 0 Å². The smallest absolute Gasteiger partial charge is 0.348 e. The fourth-order valence-corrected chi connectivity index (χ4v) is 4.62. The Morgan fingerprint density at radius 3 is 2.55 bits per heavy atom. The van der Waals surface area contributed by atoms with Crippen LogP contribution in [-0.4, -0.2) is 60.5 Å². The molecule has 1 aromatic carbocycles. The van der Waals surface area contributed by atoms with Gasteiger partial charge >= 0.3 is 12.0 Å². The predicted octanol–water partition coefficient (Wildman–Crippen LogP) is 3.73. The highest BCUT2D eigenvalue weighted by molar-refractivity contribution is 14.1. The summed E-state index contributed by atoms with van der Waals surface area (Å²) in [7, 11) is 1.37. The number of alkyl halides is 1. The molecule has 0 spiro atoms. The summed E-state index contributed by atoms with van der Waals surface area (Å²) in [5, 5.41) is 8.99. The Labute approximate surface area is 211 Å². The quantitative estimate of drug-likeness (QED) is 0.153. The Bertz CT molecular complexity index is 946. The Kier molecular flexibility index (Phi) is 9.95. The number of carbonyl (C=O) groups is 3. The average molecular weight is 584 g/mol. The number of thiophene rings is 1. The number of anilines is 1. The van der Waals surface area contributed by atoms with Crippen LogP contribution in [0.3, 0.4) is 0 Å². The van der Waals surface area contributed by atoms with Crippen LogP contribution < -0.4 is 16.0 Å². The second-order valence-electron chi connectivity index (χ2n) is 7.77. The lowest BCUT2D eigenvalue weighted by molar-refractivity contribution is 0.0606. The molecule has 0 radical (unpaired) electrons. The van der Waals surface area contributed by atoms with Crippen molar-refractivity contribution in [2.24, 2.45) is 5.92 Å². The van der Waals surface area contributed by atoms with E-state index in [-0.39, 0.29) is 17.9 Å². The number of hydrogen-bond acceptors (Lipinski definition) is 6. The van der Waals surface area contributed by atoms with Gasteiger partial charge in [-0.1, -0.05) is 22.6 Å². The molecule has 8 nitrogen and oxygen atoms in total. The third-order valence-electron chi connectivity index (χ3n) is 5.19. The van der Waals surface area contributed by atoms with Gasteiger partial charge in [-0.3, -0.25) is 4.79 Å². The molecule has 0 unspecified atom stereocenters. The number of halogens is 1. The molecule has 0 saturated heterocycles. The van der Waals surface area contributed by atoms with Gasteiger partial charge in [-0.05, 0) is 55.2 Å². The van der Waals surface area contributed by atoms with Crippen LogP contribution in [0.2, 0.25) is 0 Å². The molecule has 178 valence electrons. The summed E-state index contributed by atoms with van der Waals surface area (Å²) in [5.74, 6) is 0.254. The number of urea groups is 1. The van der Waals surface area contributed by atoms with Crippen LogP contribution in [0.25, 0.3) is 0 Å². The molecule has 1 aliphatic carbocycles. The number of hydrogen-bond donors (Lipinski definition) is 3. The summed E-state index contributed by atoms with van der Waals surface area (Å²) in [4.78, 5) is 39.9. The summed E-state index contributed by atoms with van der Waals surface area (Å²) >= 11 is 3.66. The molecule has 1 saturated carbocycles. The molecule has 1 fully saturated rings. The van der Waals surface area contributed by atoms with Crippen LogP contribution >= 0.6 is 33.9 Å². The SMILES string of the molecule is COC(=O)c1ccc(CNCCN(CCI)C(=O)c2ccc(NC(=O)NCC3CC3)cc2)s1. The summed E-state index contributed by atoms with van der Waals surface area (Å²) in [6.07, 6.45) is 2.37. The zero-order valence-corrected chi connectivity index (χ0v) is 21.5. The van der Waals surface area contributed by atoms with Gasteiger partial charge in [-0.15, -0.1) is 11.3 Å². The number of carbonyl (C=O) groups excluding carboxylic acids is 3. The molecular weight excluding hydrogens is 555 g/mol. The first-order valence-electron chi connectivity index (χ1n) is 10.9. The lowest BCUT2D eigenvalue weighted by atomic mass is 10.1. The van der Waals surface area contributed by atoms with Crippen molar-refractivity contribution in [2.45, 2.75) is 19.4 Å². The number of nitrogens with one attached hydrogen (secondary N) is 3. The maximum absolute atomic E-state index is 13.0. The molecule has 3 N–H and O–H groups in total. The summed E-state index contributed by atoms with van der Waals surface area (Å²) in [5.41, 5.74) is 1.24. The van der Waals surface area contributed by atoms with Gasteiger partial charge in [0, 0.05) is 53.3 Å². The Morgan fingerprint density at radius 1 is 1.12 bits per heavy atom. The molecular formula is C23H29IN4O4S. The number of ether oxygens (including phenoxy) is 1. The zero-order chi connectivity index (χ0) is 23.6. The van der Waals surface area contributed by atoms with Crippen molar-refractivity contribution < 1.29 is 19.1 Å². The molecule has 1 heterocycles. The minimum absolute atomic E-state index is 0.0395. The van der Waals surface area contributed by atoms with Gasteiger partial charge in [0.25, 0.3) is 5.91 Å². The third-order valence-corrected chi connectivity index (χ3v) is 6.73. The van der Waals surface area contributed by atoms with E-state index in [2.05, 4.69) is 38.5 Å². The Balaban J connectivity index is 1.45. The first kappa shape index (κ1) is 25.4. The molecule has 2 aromatic rings. The van der Waals surface area contributed by atoms with Crippen molar-refractivity contribution in [1.29, 1.82) is 0 Å². The lowest BCUT2D eigenvalue weighted by Crippen LogP contribution is -2.38. The summed E-state index contributed by atoms with van der Waals surface area (Å²) in [6, 6.07) is 10.4. The second kappa shape index (κ2) is 12.9. The van der Waals surface area contributed by atoms with Gasteiger partial charge in [0.1, 0.15) is 4.88 Å². The van der Waals surface area contributed by atoms with E-state index >= 15 is 0 Å². The highest BCUT2D eigenvalue weighted by atomic mass is 127. The van der Waals surface area contributed by atoms with Crippen molar-refractivity contribution >= 4 is 57.5 Å². The van der Waals surface area contributed by atoms with E-state index in [1.165, 1.54) is 31.3 Å². The summed E-state index contributed by atoms with van der Waals surface area (Å²) in [6.45, 7) is 3.18. The fraction of sp³-hybridized carbons (Fsp3) is 0.435. The Morgan fingerprint density at radius 2 is 1.88 bits per heavy atom. The monoisotopic (exact) mass is 584 g/mol. The van der Waals surface area contributed by atoms with E-state index in [0.717, 1.165) is 9.30 Å². The van der Waals surface area contributed by atoms with Crippen molar-refractivity contribution in [3.63, 3.8) is 0 Å². The number of nitrogens with zero attached hydrogens (tertiary/aromatic N) is 1. The van der Waals surface area contributed by atoms with E-state index in [0.29, 0.717) is 54.8 Å². The van der Waals surface area contributed by atoms with Crippen LogP contribution in [0.15, 0.2) is 36.4 Å². The van der Waals surface area contributed by atoms with Crippen molar-refractivity contribution in [3.8, 4) is 0 Å². The topological polar surface area (TPSA) is 99.8 Å². The highest BCUT2D eigenvalue weighted by Gasteiger charge is 2.21. The van der Waals surface area contributed by atoms with E-state index in [1.54, 1.807) is 30.3 Å². The van der Waals surface area contributed by atoms with E-state index in [1.807, 2.05) is 11.0 Å². The summed E-state index contributed by atoms with van der Waals surface area (Å²) < 4.78 is 5.56. The maximum Gasteiger partial charge on any atom is 0.348 e. The van der Waals surface area contributed by atoms with Crippen LogP contribution in [-0.2, 0) is 11.3 Å². The molecule has 0 bridgehead atoms. The Hall–Kier alpha value is -2.18. The molecule has 10 heteroatoms. The number of rotatable bonds is 12. The minimum Gasteiger partial charge on any atom is -0.465 e. The van der Waals surface area contributed by atoms with E-state index < -0.39 is 0 Å².